The summed E-state index contributed by atoms with van der Waals surface area (Å²) < 4.78 is 0.0389. The largest absolute Gasteiger partial charge is 0.298 e. The molecule has 0 heterocycles. The van der Waals surface area contributed by atoms with Gasteiger partial charge in [-0.2, -0.15) is 11.8 Å². The minimum atomic E-state index is -1.21. The SMILES string of the molecule is CSC1(C2CC(=O)C(C(=O)c3ccc(Cl)cc3Cl)C(=O)C2)CCC1. The standard InChI is InChI=1S/C18H18Cl2O3S/c1-24-18(5-2-6-18)10-7-14(21)16(15(22)8-10)17(23)12-4-3-11(19)9-13(12)20/h3-4,9-10,16H,2,5-8H2,1H3. The highest BCUT2D eigenvalue weighted by molar-refractivity contribution is 8.00. The van der Waals surface area contributed by atoms with Gasteiger partial charge in [0.15, 0.2) is 17.3 Å². The van der Waals surface area contributed by atoms with Gasteiger partial charge in [-0.05, 0) is 43.2 Å². The second-order valence-corrected chi connectivity index (χ2v) is 8.65. The normalized spacial score (nSPS) is 26.1. The number of rotatable bonds is 4. The van der Waals surface area contributed by atoms with Crippen molar-refractivity contribution in [2.24, 2.45) is 11.8 Å². The fourth-order valence-corrected chi connectivity index (χ4v) is 5.49. The van der Waals surface area contributed by atoms with Gasteiger partial charge in [0.25, 0.3) is 0 Å². The maximum absolute atomic E-state index is 12.7. The van der Waals surface area contributed by atoms with E-state index < -0.39 is 11.7 Å². The van der Waals surface area contributed by atoms with Crippen LogP contribution in [0.25, 0.3) is 0 Å². The third kappa shape index (κ3) is 3.04. The third-order valence-electron chi connectivity index (χ3n) is 5.35. The van der Waals surface area contributed by atoms with Gasteiger partial charge in [-0.15, -0.1) is 0 Å². The number of ketones is 3. The zero-order valence-electron chi connectivity index (χ0n) is 13.3. The van der Waals surface area contributed by atoms with Gasteiger partial charge < -0.3 is 0 Å². The lowest BCUT2D eigenvalue weighted by Gasteiger charge is -2.48. The van der Waals surface area contributed by atoms with E-state index in [2.05, 4.69) is 0 Å². The van der Waals surface area contributed by atoms with E-state index in [-0.39, 0.29) is 32.8 Å². The Kier molecular flexibility index (Phi) is 5.10. The van der Waals surface area contributed by atoms with Crippen molar-refractivity contribution in [3.63, 3.8) is 0 Å². The van der Waals surface area contributed by atoms with Crippen molar-refractivity contribution in [2.75, 3.05) is 6.26 Å². The zero-order valence-corrected chi connectivity index (χ0v) is 15.6. The molecule has 1 aromatic rings. The molecule has 0 aromatic heterocycles. The lowest BCUT2D eigenvalue weighted by Crippen LogP contribution is -2.49. The number of hydrogen-bond acceptors (Lipinski definition) is 4. The molecular formula is C18H18Cl2O3S. The number of thioether (sulfide) groups is 1. The molecule has 0 atom stereocenters. The molecule has 0 aliphatic heterocycles. The molecule has 2 fully saturated rings. The quantitative estimate of drug-likeness (QED) is 0.560. The summed E-state index contributed by atoms with van der Waals surface area (Å²) >= 11 is 13.7. The molecule has 1 aromatic carbocycles. The predicted molar refractivity (Wildman–Crippen MR) is 97.1 cm³/mol. The van der Waals surface area contributed by atoms with Crippen molar-refractivity contribution < 1.29 is 14.4 Å². The zero-order chi connectivity index (χ0) is 17.5. The van der Waals surface area contributed by atoms with Crippen LogP contribution in [0.4, 0.5) is 0 Å². The topological polar surface area (TPSA) is 51.2 Å². The molecule has 128 valence electrons. The Hall–Kier alpha value is -0.840. The molecule has 3 rings (SSSR count). The Morgan fingerprint density at radius 2 is 1.79 bits per heavy atom. The van der Waals surface area contributed by atoms with Crippen molar-refractivity contribution in [3.05, 3.63) is 33.8 Å². The van der Waals surface area contributed by atoms with Gasteiger partial charge in [0.05, 0.1) is 5.02 Å². The van der Waals surface area contributed by atoms with Crippen molar-refractivity contribution in [1.82, 2.24) is 0 Å². The number of hydrogen-bond donors (Lipinski definition) is 0. The number of carbonyl (C=O) groups excluding carboxylic acids is 3. The molecule has 0 spiro atoms. The number of halogens is 2. The highest BCUT2D eigenvalue weighted by atomic mass is 35.5. The minimum Gasteiger partial charge on any atom is -0.298 e. The number of carbonyl (C=O) groups is 3. The van der Waals surface area contributed by atoms with Gasteiger partial charge in [-0.1, -0.05) is 29.6 Å². The highest BCUT2D eigenvalue weighted by Gasteiger charge is 2.50. The summed E-state index contributed by atoms with van der Waals surface area (Å²) in [5.41, 5.74) is 0.189. The molecule has 2 saturated carbocycles. The monoisotopic (exact) mass is 384 g/mol. The summed E-state index contributed by atoms with van der Waals surface area (Å²) in [4.78, 5) is 37.9. The summed E-state index contributed by atoms with van der Waals surface area (Å²) in [6, 6.07) is 4.47. The molecule has 24 heavy (non-hydrogen) atoms. The van der Waals surface area contributed by atoms with Crippen LogP contribution >= 0.6 is 35.0 Å². The van der Waals surface area contributed by atoms with Crippen LogP contribution in [0.5, 0.6) is 0 Å². The van der Waals surface area contributed by atoms with Gasteiger partial charge in [0.1, 0.15) is 5.92 Å². The number of Topliss-reactive ketones (excluding diaryl/α,β-unsaturated/α-hetero) is 3. The Balaban J connectivity index is 1.82. The predicted octanol–water partition coefficient (Wildman–Crippen LogP) is 4.63. The van der Waals surface area contributed by atoms with Crippen molar-refractivity contribution in [3.8, 4) is 0 Å². The second-order valence-electron chi connectivity index (χ2n) is 6.58. The first kappa shape index (κ1) is 18.0. The van der Waals surface area contributed by atoms with E-state index in [9.17, 15) is 14.4 Å². The first-order valence-corrected chi connectivity index (χ1v) is 9.96. The van der Waals surface area contributed by atoms with Crippen LogP contribution in [-0.4, -0.2) is 28.4 Å². The van der Waals surface area contributed by atoms with Crippen LogP contribution in [0, 0.1) is 11.8 Å². The summed E-state index contributed by atoms with van der Waals surface area (Å²) in [6.07, 6.45) is 5.87. The Labute approximate surface area is 155 Å². The molecule has 0 amide bonds. The third-order valence-corrected chi connectivity index (χ3v) is 7.45. The van der Waals surface area contributed by atoms with E-state index in [1.807, 2.05) is 6.26 Å². The van der Waals surface area contributed by atoms with Crippen LogP contribution in [0.15, 0.2) is 18.2 Å². The number of benzene rings is 1. The van der Waals surface area contributed by atoms with Crippen LogP contribution in [0.3, 0.4) is 0 Å². The average Bonchev–Trinajstić information content (AvgIpc) is 2.45. The average molecular weight is 385 g/mol. The molecule has 0 N–H and O–H groups in total. The van der Waals surface area contributed by atoms with E-state index in [4.69, 9.17) is 23.2 Å². The Morgan fingerprint density at radius 3 is 2.25 bits per heavy atom. The minimum absolute atomic E-state index is 0.0389. The maximum atomic E-state index is 12.7. The molecule has 6 heteroatoms. The van der Waals surface area contributed by atoms with Gasteiger partial charge in [-0.25, -0.2) is 0 Å². The van der Waals surface area contributed by atoms with Gasteiger partial charge in [0.2, 0.25) is 0 Å². The van der Waals surface area contributed by atoms with E-state index in [1.54, 1.807) is 17.8 Å². The molecule has 2 aliphatic rings. The lowest BCUT2D eigenvalue weighted by atomic mass is 9.65. The highest BCUT2D eigenvalue weighted by Crippen LogP contribution is 2.52. The second kappa shape index (κ2) is 6.81. The van der Waals surface area contributed by atoms with Crippen LogP contribution in [-0.2, 0) is 9.59 Å². The molecule has 0 unspecified atom stereocenters. The maximum Gasteiger partial charge on any atom is 0.182 e. The van der Waals surface area contributed by atoms with Crippen molar-refractivity contribution in [2.45, 2.75) is 36.9 Å². The molecule has 0 radical (unpaired) electrons. The van der Waals surface area contributed by atoms with E-state index in [1.165, 1.54) is 12.1 Å². The lowest BCUT2D eigenvalue weighted by molar-refractivity contribution is -0.136. The molecule has 0 saturated heterocycles. The summed E-state index contributed by atoms with van der Waals surface area (Å²) in [5, 5.41) is 0.583. The fraction of sp³-hybridized carbons (Fsp3) is 0.500. The fourth-order valence-electron chi connectivity index (χ4n) is 3.79. The molecular weight excluding hydrogens is 367 g/mol. The smallest absolute Gasteiger partial charge is 0.182 e. The van der Waals surface area contributed by atoms with Crippen LogP contribution in [0.2, 0.25) is 10.0 Å². The van der Waals surface area contributed by atoms with Crippen LogP contribution in [0.1, 0.15) is 42.5 Å². The van der Waals surface area contributed by atoms with Crippen molar-refractivity contribution in [1.29, 1.82) is 0 Å². The van der Waals surface area contributed by atoms with Gasteiger partial charge in [-0.3, -0.25) is 14.4 Å². The molecule has 0 bridgehead atoms. The van der Waals surface area contributed by atoms with E-state index in [0.29, 0.717) is 17.9 Å². The Bertz CT molecular complexity index is 689. The van der Waals surface area contributed by atoms with Gasteiger partial charge >= 0.3 is 0 Å². The van der Waals surface area contributed by atoms with E-state index >= 15 is 0 Å². The molecule has 2 aliphatic carbocycles. The first-order valence-electron chi connectivity index (χ1n) is 7.98. The van der Waals surface area contributed by atoms with Crippen molar-refractivity contribution >= 4 is 52.3 Å². The summed E-state index contributed by atoms with van der Waals surface area (Å²) in [5.74, 6) is -2.21. The summed E-state index contributed by atoms with van der Waals surface area (Å²) in [7, 11) is 0. The summed E-state index contributed by atoms with van der Waals surface area (Å²) in [6.45, 7) is 0. The van der Waals surface area contributed by atoms with Crippen LogP contribution < -0.4 is 0 Å². The Morgan fingerprint density at radius 1 is 1.17 bits per heavy atom. The van der Waals surface area contributed by atoms with Gasteiger partial charge in [0, 0.05) is 28.2 Å². The van der Waals surface area contributed by atoms with E-state index in [0.717, 1.165) is 19.3 Å². The molecule has 3 nitrogen and oxygen atoms in total. The first-order chi connectivity index (χ1) is 11.4.